The topological polar surface area (TPSA) is 61.6 Å². The first kappa shape index (κ1) is 17.8. The molecule has 4 aromatic rings. The molecule has 0 aliphatic heterocycles. The normalized spacial score (nSPS) is 10.8. The van der Waals surface area contributed by atoms with Crippen molar-refractivity contribution in [2.24, 2.45) is 0 Å². The van der Waals surface area contributed by atoms with E-state index in [-0.39, 0.29) is 0 Å². The fraction of sp³-hybridized carbons (Fsp3) is 0.130. The quantitative estimate of drug-likeness (QED) is 0.492. The van der Waals surface area contributed by atoms with Gasteiger partial charge in [0.05, 0.1) is 10.9 Å². The van der Waals surface area contributed by atoms with Gasteiger partial charge in [0.2, 0.25) is 0 Å². The van der Waals surface area contributed by atoms with Crippen LogP contribution in [-0.2, 0) is 13.2 Å². The van der Waals surface area contributed by atoms with Gasteiger partial charge in [0, 0.05) is 19.1 Å². The first-order valence-electron chi connectivity index (χ1n) is 8.98. The lowest BCUT2D eigenvalue weighted by molar-refractivity contribution is 0.256. The molecule has 0 aliphatic rings. The summed E-state index contributed by atoms with van der Waals surface area (Å²) >= 11 is 0. The Morgan fingerprint density at radius 1 is 0.821 bits per heavy atom. The van der Waals surface area contributed by atoms with E-state index in [9.17, 15) is 4.79 Å². The van der Waals surface area contributed by atoms with Gasteiger partial charge in [0.1, 0.15) is 13.2 Å². The highest BCUT2D eigenvalue weighted by molar-refractivity contribution is 5.81. The standard InChI is InChI=1S/C23H19NO4/c1-16-24-20-13-22(27-15-18-10-6-3-7-11-18)21(12-19(20)23(25)28-16)26-14-17-8-4-2-5-9-17/h2-13H,14-15H2,1H3. The number of hydrogen-bond acceptors (Lipinski definition) is 5. The Hall–Kier alpha value is -3.60. The second-order valence-electron chi connectivity index (χ2n) is 6.38. The van der Waals surface area contributed by atoms with E-state index < -0.39 is 5.63 Å². The summed E-state index contributed by atoms with van der Waals surface area (Å²) in [6.07, 6.45) is 0. The number of aryl methyl sites for hydroxylation is 1. The van der Waals surface area contributed by atoms with Crippen LogP contribution in [0.1, 0.15) is 17.0 Å². The van der Waals surface area contributed by atoms with Crippen LogP contribution in [-0.4, -0.2) is 4.98 Å². The zero-order valence-corrected chi connectivity index (χ0v) is 15.4. The number of rotatable bonds is 6. The van der Waals surface area contributed by atoms with Gasteiger partial charge in [0.15, 0.2) is 17.4 Å². The fourth-order valence-corrected chi connectivity index (χ4v) is 2.88. The van der Waals surface area contributed by atoms with Crippen LogP contribution in [0.15, 0.2) is 82.0 Å². The van der Waals surface area contributed by atoms with E-state index in [1.807, 2.05) is 60.7 Å². The van der Waals surface area contributed by atoms with E-state index in [0.717, 1.165) is 11.1 Å². The predicted molar refractivity (Wildman–Crippen MR) is 107 cm³/mol. The van der Waals surface area contributed by atoms with Gasteiger partial charge in [0.25, 0.3) is 0 Å². The fourth-order valence-electron chi connectivity index (χ4n) is 2.88. The first-order valence-corrected chi connectivity index (χ1v) is 8.98. The lowest BCUT2D eigenvalue weighted by Crippen LogP contribution is -2.06. The molecule has 4 rings (SSSR count). The number of ether oxygens (including phenoxy) is 2. The Balaban J connectivity index is 1.68. The van der Waals surface area contributed by atoms with E-state index >= 15 is 0 Å². The summed E-state index contributed by atoms with van der Waals surface area (Å²) in [6.45, 7) is 2.39. The number of fused-ring (bicyclic) bond motifs is 1. The van der Waals surface area contributed by atoms with Crippen molar-refractivity contribution in [3.05, 3.63) is 100 Å². The third kappa shape index (κ3) is 4.04. The predicted octanol–water partition coefficient (Wildman–Crippen LogP) is 4.65. The van der Waals surface area contributed by atoms with Crippen molar-refractivity contribution in [3.63, 3.8) is 0 Å². The van der Waals surface area contributed by atoms with E-state index in [1.54, 1.807) is 19.1 Å². The summed E-state index contributed by atoms with van der Waals surface area (Å²) in [5.41, 5.74) is 2.13. The summed E-state index contributed by atoms with van der Waals surface area (Å²) in [4.78, 5) is 16.5. The van der Waals surface area contributed by atoms with Crippen molar-refractivity contribution in [3.8, 4) is 11.5 Å². The van der Waals surface area contributed by atoms with Gasteiger partial charge in [-0.3, -0.25) is 0 Å². The minimum absolute atomic E-state index is 0.310. The van der Waals surface area contributed by atoms with Crippen molar-refractivity contribution in [1.29, 1.82) is 0 Å². The molecule has 0 bridgehead atoms. The Kier molecular flexibility index (Phi) is 5.06. The van der Waals surface area contributed by atoms with E-state index in [0.29, 0.717) is 41.5 Å². The highest BCUT2D eigenvalue weighted by Gasteiger charge is 2.13. The average Bonchev–Trinajstić information content (AvgIpc) is 2.72. The summed E-state index contributed by atoms with van der Waals surface area (Å²) in [7, 11) is 0. The molecule has 5 heteroatoms. The second kappa shape index (κ2) is 7.96. The Morgan fingerprint density at radius 2 is 1.36 bits per heavy atom. The first-order chi connectivity index (χ1) is 13.7. The van der Waals surface area contributed by atoms with Crippen molar-refractivity contribution in [2.45, 2.75) is 20.1 Å². The van der Waals surface area contributed by atoms with Gasteiger partial charge in [-0.15, -0.1) is 0 Å². The smallest absolute Gasteiger partial charge is 0.346 e. The molecule has 0 N–H and O–H groups in total. The van der Waals surface area contributed by atoms with E-state index in [1.165, 1.54) is 0 Å². The molecule has 0 spiro atoms. The van der Waals surface area contributed by atoms with E-state index in [2.05, 4.69) is 4.98 Å². The minimum atomic E-state index is -0.443. The van der Waals surface area contributed by atoms with Crippen LogP contribution in [0.25, 0.3) is 10.9 Å². The Labute approximate surface area is 162 Å². The molecule has 1 aromatic heterocycles. The molecule has 5 nitrogen and oxygen atoms in total. The molecule has 0 saturated heterocycles. The van der Waals surface area contributed by atoms with Crippen LogP contribution in [0.5, 0.6) is 11.5 Å². The summed E-state index contributed by atoms with van der Waals surface area (Å²) in [5, 5.41) is 0.362. The molecule has 0 aliphatic carbocycles. The lowest BCUT2D eigenvalue weighted by Gasteiger charge is -2.14. The monoisotopic (exact) mass is 373 g/mol. The zero-order chi connectivity index (χ0) is 19.3. The summed E-state index contributed by atoms with van der Waals surface area (Å²) in [6, 6.07) is 23.0. The van der Waals surface area contributed by atoms with Crippen molar-refractivity contribution in [1.82, 2.24) is 4.98 Å². The molecular formula is C23H19NO4. The average molecular weight is 373 g/mol. The molecule has 140 valence electrons. The molecule has 0 saturated carbocycles. The largest absolute Gasteiger partial charge is 0.485 e. The van der Waals surface area contributed by atoms with Gasteiger partial charge in [-0.1, -0.05) is 60.7 Å². The maximum atomic E-state index is 12.2. The van der Waals surface area contributed by atoms with Gasteiger partial charge in [-0.05, 0) is 11.1 Å². The van der Waals surface area contributed by atoms with Crippen LogP contribution in [0.4, 0.5) is 0 Å². The van der Waals surface area contributed by atoms with Gasteiger partial charge in [-0.25, -0.2) is 9.78 Å². The summed E-state index contributed by atoms with van der Waals surface area (Å²) < 4.78 is 17.1. The maximum Gasteiger partial charge on any atom is 0.346 e. The molecular weight excluding hydrogens is 354 g/mol. The third-order valence-electron chi connectivity index (χ3n) is 4.27. The van der Waals surface area contributed by atoms with Crippen molar-refractivity contribution in [2.75, 3.05) is 0 Å². The molecule has 0 amide bonds. The minimum Gasteiger partial charge on any atom is -0.485 e. The van der Waals surface area contributed by atoms with Crippen LogP contribution in [0, 0.1) is 6.92 Å². The maximum absolute atomic E-state index is 12.2. The second-order valence-corrected chi connectivity index (χ2v) is 6.38. The number of hydrogen-bond donors (Lipinski definition) is 0. The number of nitrogens with zero attached hydrogens (tertiary/aromatic N) is 1. The molecule has 28 heavy (non-hydrogen) atoms. The van der Waals surface area contributed by atoms with Crippen LogP contribution in [0.2, 0.25) is 0 Å². The van der Waals surface area contributed by atoms with E-state index in [4.69, 9.17) is 13.9 Å². The molecule has 1 heterocycles. The van der Waals surface area contributed by atoms with Crippen molar-refractivity contribution >= 4 is 10.9 Å². The number of benzene rings is 3. The van der Waals surface area contributed by atoms with Gasteiger partial charge >= 0.3 is 5.63 Å². The summed E-state index contributed by atoms with van der Waals surface area (Å²) in [5.74, 6) is 1.32. The van der Waals surface area contributed by atoms with Gasteiger partial charge < -0.3 is 13.9 Å². The number of aromatic nitrogens is 1. The highest BCUT2D eigenvalue weighted by Crippen LogP contribution is 2.32. The third-order valence-corrected chi connectivity index (χ3v) is 4.27. The molecule has 3 aromatic carbocycles. The SMILES string of the molecule is Cc1nc2cc(OCc3ccccc3)c(OCc3ccccc3)cc2c(=O)o1. The molecule has 0 atom stereocenters. The Morgan fingerprint density at radius 3 is 1.93 bits per heavy atom. The molecule has 0 radical (unpaired) electrons. The van der Waals surface area contributed by atoms with Crippen LogP contribution < -0.4 is 15.1 Å². The lowest BCUT2D eigenvalue weighted by atomic mass is 10.2. The zero-order valence-electron chi connectivity index (χ0n) is 15.4. The highest BCUT2D eigenvalue weighted by atomic mass is 16.5. The van der Waals surface area contributed by atoms with Crippen LogP contribution >= 0.6 is 0 Å². The van der Waals surface area contributed by atoms with Gasteiger partial charge in [-0.2, -0.15) is 0 Å². The van der Waals surface area contributed by atoms with Crippen LogP contribution in [0.3, 0.4) is 0 Å². The molecule has 0 fully saturated rings. The van der Waals surface area contributed by atoms with Crippen molar-refractivity contribution < 1.29 is 13.9 Å². The molecule has 0 unspecified atom stereocenters. The Bertz CT molecular complexity index is 1140.